The second-order valence-corrected chi connectivity index (χ2v) is 11.0. The number of fused-ring (bicyclic) bond motifs is 1. The summed E-state index contributed by atoms with van der Waals surface area (Å²) in [5.41, 5.74) is 1.32. The summed E-state index contributed by atoms with van der Waals surface area (Å²) in [4.78, 5) is 17.0. The van der Waals surface area contributed by atoms with E-state index in [1.165, 1.54) is 50.3 Å². The third-order valence-corrected chi connectivity index (χ3v) is 8.81. The highest BCUT2D eigenvalue weighted by Gasteiger charge is 2.55. The standard InChI is InChI=1S/C22H21BrN4OS/c23-16-3-1-12(2-4-16)8-17-18(24)27-21(25-19(17)28)29-20(26-27)22-9-13-5-14(10-22)7-15(6-13)11-22/h1-4,8,13-15,24H,5-7,9-11H2/b17-8-,24-18?. The molecule has 2 aliphatic heterocycles. The maximum Gasteiger partial charge on any atom is 0.283 e. The van der Waals surface area contributed by atoms with Gasteiger partial charge in [0.2, 0.25) is 5.17 Å². The van der Waals surface area contributed by atoms with Gasteiger partial charge in [0.1, 0.15) is 5.04 Å². The molecule has 4 fully saturated rings. The molecule has 1 amide bonds. The van der Waals surface area contributed by atoms with Crippen molar-refractivity contribution in [3.63, 3.8) is 0 Å². The van der Waals surface area contributed by atoms with Gasteiger partial charge in [0.15, 0.2) is 5.84 Å². The van der Waals surface area contributed by atoms with Gasteiger partial charge in [-0.25, -0.2) is 0 Å². The molecule has 0 unspecified atom stereocenters. The van der Waals surface area contributed by atoms with E-state index >= 15 is 0 Å². The van der Waals surface area contributed by atoms with Gasteiger partial charge in [-0.2, -0.15) is 15.1 Å². The first-order chi connectivity index (χ1) is 14.0. The second-order valence-electron chi connectivity index (χ2n) is 9.17. The van der Waals surface area contributed by atoms with Gasteiger partial charge in [-0.3, -0.25) is 10.2 Å². The Hall–Kier alpha value is -1.73. The smallest absolute Gasteiger partial charge is 0.282 e. The number of halogens is 1. The van der Waals surface area contributed by atoms with Gasteiger partial charge in [0.25, 0.3) is 5.91 Å². The SMILES string of the molecule is N=C1/C(=C/c2ccc(Br)cc2)C(=O)N=C2SC(C34CC5CC(CC(C5)C3)C4)=NN12. The van der Waals surface area contributed by atoms with Crippen molar-refractivity contribution in [3.8, 4) is 0 Å². The molecule has 0 atom stereocenters. The summed E-state index contributed by atoms with van der Waals surface area (Å²) in [6, 6.07) is 7.68. The van der Waals surface area contributed by atoms with Crippen LogP contribution in [0, 0.1) is 28.6 Å². The molecule has 29 heavy (non-hydrogen) atoms. The van der Waals surface area contributed by atoms with Crippen LogP contribution < -0.4 is 0 Å². The van der Waals surface area contributed by atoms with Crippen LogP contribution in [0.15, 0.2) is 44.4 Å². The molecule has 0 spiro atoms. The van der Waals surface area contributed by atoms with E-state index in [0.29, 0.717) is 10.7 Å². The Bertz CT molecular complexity index is 990. The van der Waals surface area contributed by atoms with Gasteiger partial charge in [-0.1, -0.05) is 28.1 Å². The molecular formula is C22H21BrN4OS. The fraction of sp³-hybridized carbons (Fsp3) is 0.455. The van der Waals surface area contributed by atoms with Crippen molar-refractivity contribution in [2.75, 3.05) is 0 Å². The number of thioether (sulfide) groups is 1. The van der Waals surface area contributed by atoms with Gasteiger partial charge in [0.05, 0.1) is 5.57 Å². The molecule has 7 heteroatoms. The summed E-state index contributed by atoms with van der Waals surface area (Å²) >= 11 is 4.95. The number of hydrazone groups is 1. The van der Waals surface area contributed by atoms with E-state index in [1.54, 1.807) is 11.1 Å². The fourth-order valence-electron chi connectivity index (χ4n) is 6.30. The minimum absolute atomic E-state index is 0.134. The first-order valence-electron chi connectivity index (χ1n) is 10.3. The third-order valence-electron chi connectivity index (χ3n) is 7.13. The van der Waals surface area contributed by atoms with Gasteiger partial charge >= 0.3 is 0 Å². The molecule has 5 nitrogen and oxygen atoms in total. The van der Waals surface area contributed by atoms with Crippen LogP contribution in [0.2, 0.25) is 0 Å². The molecule has 0 radical (unpaired) electrons. The number of nitrogens with zero attached hydrogens (tertiary/aromatic N) is 3. The minimum Gasteiger partial charge on any atom is -0.282 e. The van der Waals surface area contributed by atoms with Crippen molar-refractivity contribution in [2.45, 2.75) is 38.5 Å². The van der Waals surface area contributed by atoms with Crippen LogP contribution in [0.5, 0.6) is 0 Å². The Kier molecular flexibility index (Phi) is 3.98. The molecule has 0 saturated heterocycles. The van der Waals surface area contributed by atoms with E-state index in [0.717, 1.165) is 32.8 Å². The highest BCUT2D eigenvalue weighted by Crippen LogP contribution is 2.62. The molecule has 6 aliphatic rings. The Morgan fingerprint density at radius 3 is 2.34 bits per heavy atom. The topological polar surface area (TPSA) is 68.9 Å². The van der Waals surface area contributed by atoms with Crippen molar-refractivity contribution in [2.24, 2.45) is 33.3 Å². The number of hydrogen-bond acceptors (Lipinski definition) is 4. The van der Waals surface area contributed by atoms with Gasteiger partial charge < -0.3 is 0 Å². The Balaban J connectivity index is 1.33. The number of carbonyl (C=O) groups is 1. The van der Waals surface area contributed by atoms with Crippen LogP contribution in [0.1, 0.15) is 44.1 Å². The molecule has 7 rings (SSSR count). The molecule has 148 valence electrons. The average Bonchev–Trinajstić information content (AvgIpc) is 3.11. The molecule has 1 aromatic rings. The van der Waals surface area contributed by atoms with Crippen molar-refractivity contribution >= 4 is 55.7 Å². The van der Waals surface area contributed by atoms with Gasteiger partial charge in [-0.15, -0.1) is 0 Å². The summed E-state index contributed by atoms with van der Waals surface area (Å²) in [7, 11) is 0. The predicted octanol–water partition coefficient (Wildman–Crippen LogP) is 5.28. The predicted molar refractivity (Wildman–Crippen MR) is 120 cm³/mol. The van der Waals surface area contributed by atoms with E-state index in [2.05, 4.69) is 20.9 Å². The molecule has 1 N–H and O–H groups in total. The lowest BCUT2D eigenvalue weighted by Crippen LogP contribution is -2.49. The summed E-state index contributed by atoms with van der Waals surface area (Å²) in [6.07, 6.45) is 9.54. The highest BCUT2D eigenvalue weighted by atomic mass is 79.9. The van der Waals surface area contributed by atoms with Crippen LogP contribution >= 0.6 is 27.7 Å². The molecule has 1 aromatic carbocycles. The number of amidine groups is 2. The van der Waals surface area contributed by atoms with E-state index < -0.39 is 0 Å². The maximum absolute atomic E-state index is 12.7. The van der Waals surface area contributed by atoms with Crippen molar-refractivity contribution in [1.29, 1.82) is 5.41 Å². The zero-order valence-corrected chi connectivity index (χ0v) is 18.3. The van der Waals surface area contributed by atoms with Crippen LogP contribution in [-0.4, -0.2) is 27.0 Å². The van der Waals surface area contributed by atoms with Crippen LogP contribution in [-0.2, 0) is 4.79 Å². The number of carbonyl (C=O) groups excluding carboxylic acids is 1. The normalized spacial score (nSPS) is 36.5. The molecule has 4 aliphatic carbocycles. The van der Waals surface area contributed by atoms with Crippen LogP contribution in [0.3, 0.4) is 0 Å². The van der Waals surface area contributed by atoms with Crippen LogP contribution in [0.25, 0.3) is 6.08 Å². The van der Waals surface area contributed by atoms with Crippen molar-refractivity contribution < 1.29 is 4.79 Å². The first-order valence-corrected chi connectivity index (χ1v) is 11.9. The maximum atomic E-state index is 12.7. The van der Waals surface area contributed by atoms with E-state index in [-0.39, 0.29) is 17.2 Å². The Morgan fingerprint density at radius 1 is 1.10 bits per heavy atom. The number of benzene rings is 1. The first kappa shape index (κ1) is 18.1. The quantitative estimate of drug-likeness (QED) is 0.599. The molecule has 4 saturated carbocycles. The Labute approximate surface area is 182 Å². The van der Waals surface area contributed by atoms with Crippen molar-refractivity contribution in [3.05, 3.63) is 39.9 Å². The van der Waals surface area contributed by atoms with Crippen LogP contribution in [0.4, 0.5) is 0 Å². The van der Waals surface area contributed by atoms with Crippen molar-refractivity contribution in [1.82, 2.24) is 5.01 Å². The number of amides is 1. The lowest BCUT2D eigenvalue weighted by atomic mass is 9.50. The number of rotatable bonds is 2. The van der Waals surface area contributed by atoms with E-state index in [1.807, 2.05) is 24.3 Å². The van der Waals surface area contributed by atoms with Gasteiger partial charge in [-0.05, 0) is 91.8 Å². The van der Waals surface area contributed by atoms with Gasteiger partial charge in [0, 0.05) is 9.89 Å². The molecule has 2 heterocycles. The summed E-state index contributed by atoms with van der Waals surface area (Å²) < 4.78 is 0.978. The molecular weight excluding hydrogens is 448 g/mol. The summed E-state index contributed by atoms with van der Waals surface area (Å²) in [5.74, 6) is 2.28. The zero-order valence-electron chi connectivity index (χ0n) is 15.9. The lowest BCUT2D eigenvalue weighted by Gasteiger charge is -2.56. The highest BCUT2D eigenvalue weighted by molar-refractivity contribution is 9.10. The second kappa shape index (κ2) is 6.38. The zero-order chi connectivity index (χ0) is 19.8. The largest absolute Gasteiger partial charge is 0.283 e. The van der Waals surface area contributed by atoms with E-state index in [4.69, 9.17) is 10.5 Å². The number of nitrogens with one attached hydrogen (secondary N) is 1. The number of hydrogen-bond donors (Lipinski definition) is 1. The third kappa shape index (κ3) is 2.88. The fourth-order valence-corrected chi connectivity index (χ4v) is 7.68. The summed E-state index contributed by atoms with van der Waals surface area (Å²) in [6.45, 7) is 0. The minimum atomic E-state index is -0.348. The molecule has 4 bridgehead atoms. The average molecular weight is 469 g/mol. The Morgan fingerprint density at radius 2 is 1.72 bits per heavy atom. The van der Waals surface area contributed by atoms with E-state index in [9.17, 15) is 4.79 Å². The number of aliphatic imine (C=N–C) groups is 1. The monoisotopic (exact) mass is 468 g/mol. The summed E-state index contributed by atoms with van der Waals surface area (Å²) in [5, 5.41) is 16.8. The lowest BCUT2D eigenvalue weighted by molar-refractivity contribution is -0.114. The molecule has 0 aromatic heterocycles.